The maximum absolute atomic E-state index is 11.3. The number of carbonyl (C=O) groups is 1. The summed E-state index contributed by atoms with van der Waals surface area (Å²) in [5.74, 6) is 0.0889. The van der Waals surface area contributed by atoms with Gasteiger partial charge >= 0.3 is 0 Å². The van der Waals surface area contributed by atoms with Crippen molar-refractivity contribution in [3.63, 3.8) is 0 Å². The number of nitrogens with zero attached hydrogens (tertiary/aromatic N) is 3. The van der Waals surface area contributed by atoms with Gasteiger partial charge in [-0.1, -0.05) is 25.4 Å². The van der Waals surface area contributed by atoms with E-state index in [1.54, 1.807) is 0 Å². The highest BCUT2D eigenvalue weighted by atomic mass is 16.1. The molecule has 0 aliphatic heterocycles. The summed E-state index contributed by atoms with van der Waals surface area (Å²) in [5, 5.41) is 6.01. The minimum Gasteiger partial charge on any atom is -0.356 e. The number of hydrogen-bond acceptors (Lipinski definition) is 2. The largest absolute Gasteiger partial charge is 0.356 e. The van der Waals surface area contributed by atoms with Crippen molar-refractivity contribution in [2.75, 3.05) is 13.1 Å². The predicted octanol–water partition coefficient (Wildman–Crippen LogP) is 1.85. The van der Waals surface area contributed by atoms with Gasteiger partial charge in [-0.15, -0.1) is 0 Å². The van der Waals surface area contributed by atoms with E-state index < -0.39 is 0 Å². The van der Waals surface area contributed by atoms with E-state index >= 15 is 0 Å². The monoisotopic (exact) mass is 184 g/mol. The van der Waals surface area contributed by atoms with Crippen molar-refractivity contribution in [1.82, 2.24) is 5.32 Å². The molecule has 0 bridgehead atoms. The van der Waals surface area contributed by atoms with E-state index in [-0.39, 0.29) is 11.8 Å². The van der Waals surface area contributed by atoms with Gasteiger partial charge in [-0.05, 0) is 12.0 Å². The SMILES string of the molecule is CCCC(C)C(=O)NCCN=[N+]=[N-]. The molecule has 0 aliphatic carbocycles. The Balaban J connectivity index is 3.55. The van der Waals surface area contributed by atoms with Crippen LogP contribution >= 0.6 is 0 Å². The molecule has 1 atom stereocenters. The highest BCUT2D eigenvalue weighted by Gasteiger charge is 2.09. The van der Waals surface area contributed by atoms with Crippen molar-refractivity contribution in [1.29, 1.82) is 0 Å². The second-order valence-corrected chi connectivity index (χ2v) is 2.94. The lowest BCUT2D eigenvalue weighted by Crippen LogP contribution is -2.30. The molecule has 0 spiro atoms. The van der Waals surface area contributed by atoms with Crippen LogP contribution in [0.4, 0.5) is 0 Å². The van der Waals surface area contributed by atoms with Crippen LogP contribution in [0.25, 0.3) is 10.4 Å². The average Bonchev–Trinajstić information content (AvgIpc) is 2.12. The van der Waals surface area contributed by atoms with Crippen molar-refractivity contribution in [2.24, 2.45) is 11.0 Å². The van der Waals surface area contributed by atoms with E-state index in [9.17, 15) is 4.79 Å². The van der Waals surface area contributed by atoms with Gasteiger partial charge in [0.15, 0.2) is 0 Å². The summed E-state index contributed by atoms with van der Waals surface area (Å²) in [6.45, 7) is 4.69. The number of azide groups is 1. The molecule has 5 nitrogen and oxygen atoms in total. The number of nitrogens with one attached hydrogen (secondary N) is 1. The number of hydrogen-bond donors (Lipinski definition) is 1. The quantitative estimate of drug-likeness (QED) is 0.291. The first-order valence-corrected chi connectivity index (χ1v) is 4.51. The van der Waals surface area contributed by atoms with E-state index in [2.05, 4.69) is 15.3 Å². The van der Waals surface area contributed by atoms with Crippen LogP contribution < -0.4 is 5.32 Å². The minimum absolute atomic E-state index is 0.0370. The molecule has 13 heavy (non-hydrogen) atoms. The van der Waals surface area contributed by atoms with Gasteiger partial charge in [0, 0.05) is 23.9 Å². The third-order valence-electron chi connectivity index (χ3n) is 1.74. The van der Waals surface area contributed by atoms with E-state index in [0.717, 1.165) is 12.8 Å². The third kappa shape index (κ3) is 5.99. The first-order valence-electron chi connectivity index (χ1n) is 4.51. The van der Waals surface area contributed by atoms with Gasteiger partial charge in [0.25, 0.3) is 0 Å². The average molecular weight is 184 g/mol. The Morgan fingerprint density at radius 3 is 2.92 bits per heavy atom. The Hall–Kier alpha value is -1.22. The molecule has 0 aromatic rings. The molecule has 0 aromatic heterocycles. The van der Waals surface area contributed by atoms with Gasteiger partial charge < -0.3 is 5.32 Å². The first kappa shape index (κ1) is 11.8. The van der Waals surface area contributed by atoms with Crippen molar-refractivity contribution in [2.45, 2.75) is 26.7 Å². The van der Waals surface area contributed by atoms with Gasteiger partial charge in [-0.3, -0.25) is 4.79 Å². The zero-order chi connectivity index (χ0) is 10.1. The number of carbonyl (C=O) groups excluding carboxylic acids is 1. The van der Waals surface area contributed by atoms with Gasteiger partial charge in [0.05, 0.1) is 0 Å². The van der Waals surface area contributed by atoms with Crippen molar-refractivity contribution in [3.8, 4) is 0 Å². The molecule has 0 aromatic carbocycles. The summed E-state index contributed by atoms with van der Waals surface area (Å²) in [5.41, 5.74) is 7.97. The molecule has 0 heterocycles. The topological polar surface area (TPSA) is 77.9 Å². The van der Waals surface area contributed by atoms with Crippen molar-refractivity contribution in [3.05, 3.63) is 10.4 Å². The van der Waals surface area contributed by atoms with Gasteiger partial charge in [0.2, 0.25) is 5.91 Å². The van der Waals surface area contributed by atoms with Gasteiger partial charge in [0.1, 0.15) is 0 Å². The zero-order valence-electron chi connectivity index (χ0n) is 8.16. The van der Waals surface area contributed by atoms with Crippen LogP contribution in [0.5, 0.6) is 0 Å². The highest BCUT2D eigenvalue weighted by Crippen LogP contribution is 2.03. The first-order chi connectivity index (χ1) is 6.22. The van der Waals surface area contributed by atoms with Crippen LogP contribution in [0, 0.1) is 5.92 Å². The fraction of sp³-hybridized carbons (Fsp3) is 0.875. The van der Waals surface area contributed by atoms with E-state index in [4.69, 9.17) is 5.53 Å². The maximum atomic E-state index is 11.3. The van der Waals surface area contributed by atoms with Crippen LogP contribution in [0.1, 0.15) is 26.7 Å². The highest BCUT2D eigenvalue weighted by molar-refractivity contribution is 5.78. The molecule has 0 rings (SSSR count). The molecular formula is C8H16N4O. The molecule has 74 valence electrons. The van der Waals surface area contributed by atoms with E-state index in [0.29, 0.717) is 13.1 Å². The van der Waals surface area contributed by atoms with Crippen LogP contribution in [-0.2, 0) is 4.79 Å². The molecule has 5 heteroatoms. The molecule has 0 saturated carbocycles. The second kappa shape index (κ2) is 7.43. The lowest BCUT2D eigenvalue weighted by Gasteiger charge is -2.09. The minimum atomic E-state index is 0.0370. The van der Waals surface area contributed by atoms with Gasteiger partial charge in [-0.2, -0.15) is 0 Å². The molecule has 0 radical (unpaired) electrons. The normalized spacial score (nSPS) is 11.5. The lowest BCUT2D eigenvalue weighted by atomic mass is 10.1. The molecular weight excluding hydrogens is 168 g/mol. The van der Waals surface area contributed by atoms with E-state index in [1.165, 1.54) is 0 Å². The van der Waals surface area contributed by atoms with Crippen LogP contribution in [-0.4, -0.2) is 19.0 Å². The molecule has 0 saturated heterocycles. The Labute approximate surface area is 78.1 Å². The van der Waals surface area contributed by atoms with E-state index in [1.807, 2.05) is 13.8 Å². The van der Waals surface area contributed by atoms with Crippen LogP contribution in [0.2, 0.25) is 0 Å². The maximum Gasteiger partial charge on any atom is 0.222 e. The Morgan fingerprint density at radius 2 is 2.38 bits per heavy atom. The number of rotatable bonds is 6. The summed E-state index contributed by atoms with van der Waals surface area (Å²) in [6, 6.07) is 0. The molecule has 0 fully saturated rings. The van der Waals surface area contributed by atoms with Crippen LogP contribution in [0.3, 0.4) is 0 Å². The fourth-order valence-electron chi connectivity index (χ4n) is 1.01. The number of amides is 1. The molecule has 0 aliphatic rings. The summed E-state index contributed by atoms with van der Waals surface area (Å²) < 4.78 is 0. The Bertz CT molecular complexity index is 198. The van der Waals surface area contributed by atoms with Crippen LogP contribution in [0.15, 0.2) is 5.11 Å². The second-order valence-electron chi connectivity index (χ2n) is 2.94. The third-order valence-corrected chi connectivity index (χ3v) is 1.74. The summed E-state index contributed by atoms with van der Waals surface area (Å²) >= 11 is 0. The standard InChI is InChI=1S/C8H16N4O/c1-3-4-7(2)8(13)10-5-6-11-12-9/h7H,3-6H2,1-2H3,(H,10,13). The zero-order valence-corrected chi connectivity index (χ0v) is 8.16. The van der Waals surface area contributed by atoms with Crippen molar-refractivity contribution >= 4 is 5.91 Å². The molecule has 1 unspecified atom stereocenters. The summed E-state index contributed by atoms with van der Waals surface area (Å²) in [6.07, 6.45) is 1.90. The van der Waals surface area contributed by atoms with Gasteiger partial charge in [-0.25, -0.2) is 0 Å². The smallest absolute Gasteiger partial charge is 0.222 e. The predicted molar refractivity (Wildman–Crippen MR) is 51.1 cm³/mol. The Morgan fingerprint density at radius 1 is 1.69 bits per heavy atom. The van der Waals surface area contributed by atoms with Crippen molar-refractivity contribution < 1.29 is 4.79 Å². The summed E-state index contributed by atoms with van der Waals surface area (Å²) in [7, 11) is 0. The molecule has 1 amide bonds. The Kier molecular flexibility index (Phi) is 6.73. The summed E-state index contributed by atoms with van der Waals surface area (Å²) in [4.78, 5) is 13.8. The molecule has 1 N–H and O–H groups in total. The lowest BCUT2D eigenvalue weighted by molar-refractivity contribution is -0.124. The fourth-order valence-corrected chi connectivity index (χ4v) is 1.01.